The molecule has 0 bridgehead atoms. The number of nitrogens with zero attached hydrogens (tertiary/aromatic N) is 2. The smallest absolute Gasteiger partial charge is 0.324 e. The van der Waals surface area contributed by atoms with Crippen molar-refractivity contribution in [1.82, 2.24) is 9.55 Å². The maximum atomic E-state index is 14.6. The van der Waals surface area contributed by atoms with Crippen LogP contribution in [0.2, 0.25) is 0 Å². The SMILES string of the molecule is Cn1c([S+]([O-])Cc2ccc(C(=O)Nc3ccccc3N)cc2F)nc2ccccc21. The number of hydrogen-bond donors (Lipinski definition) is 2. The number of halogens is 1. The van der Waals surface area contributed by atoms with Crippen molar-refractivity contribution in [2.75, 3.05) is 11.1 Å². The molecule has 0 aliphatic rings. The number of para-hydroxylation sites is 4. The minimum atomic E-state index is -1.55. The number of rotatable bonds is 5. The summed E-state index contributed by atoms with van der Waals surface area (Å²) in [5.74, 6) is -1.12. The highest BCUT2D eigenvalue weighted by atomic mass is 32.2. The molecule has 30 heavy (non-hydrogen) atoms. The van der Waals surface area contributed by atoms with E-state index in [-0.39, 0.29) is 16.9 Å². The number of anilines is 2. The number of carbonyl (C=O) groups is 1. The number of amides is 1. The number of hydrogen-bond acceptors (Lipinski definition) is 4. The van der Waals surface area contributed by atoms with E-state index < -0.39 is 22.9 Å². The summed E-state index contributed by atoms with van der Waals surface area (Å²) >= 11 is -1.55. The van der Waals surface area contributed by atoms with Gasteiger partial charge in [0.1, 0.15) is 11.6 Å². The number of nitrogen functional groups attached to an aromatic ring is 1. The Morgan fingerprint density at radius 2 is 1.90 bits per heavy atom. The summed E-state index contributed by atoms with van der Waals surface area (Å²) in [6, 6.07) is 18.4. The van der Waals surface area contributed by atoms with Gasteiger partial charge in [0.2, 0.25) is 0 Å². The molecule has 1 heterocycles. The summed E-state index contributed by atoms with van der Waals surface area (Å²) in [4.78, 5) is 16.8. The van der Waals surface area contributed by atoms with Crippen molar-refractivity contribution in [2.45, 2.75) is 10.9 Å². The fourth-order valence-electron chi connectivity index (χ4n) is 3.14. The summed E-state index contributed by atoms with van der Waals surface area (Å²) in [7, 11) is 1.78. The Bertz CT molecular complexity index is 1240. The van der Waals surface area contributed by atoms with E-state index in [0.29, 0.717) is 16.5 Å². The fraction of sp³-hybridized carbons (Fsp3) is 0.0909. The summed E-state index contributed by atoms with van der Waals surface area (Å²) in [5, 5.41) is 3.03. The lowest BCUT2D eigenvalue weighted by molar-refractivity contribution is 0.102. The van der Waals surface area contributed by atoms with E-state index in [0.717, 1.165) is 17.1 Å². The lowest BCUT2D eigenvalue weighted by atomic mass is 10.1. The molecule has 0 saturated carbocycles. The second-order valence-electron chi connectivity index (χ2n) is 6.78. The molecule has 1 aromatic heterocycles. The Morgan fingerprint density at radius 1 is 1.17 bits per heavy atom. The molecule has 6 nitrogen and oxygen atoms in total. The van der Waals surface area contributed by atoms with Crippen molar-refractivity contribution in [3.05, 3.63) is 83.7 Å². The lowest BCUT2D eigenvalue weighted by Gasteiger charge is -2.11. The molecular formula is C22H19FN4O2S. The third kappa shape index (κ3) is 3.87. The van der Waals surface area contributed by atoms with Gasteiger partial charge in [0.05, 0.1) is 22.4 Å². The second kappa shape index (κ2) is 8.17. The maximum absolute atomic E-state index is 14.6. The van der Waals surface area contributed by atoms with E-state index in [9.17, 15) is 13.7 Å². The molecule has 3 aromatic carbocycles. The van der Waals surface area contributed by atoms with Crippen molar-refractivity contribution < 1.29 is 13.7 Å². The number of aromatic nitrogens is 2. The normalized spacial score (nSPS) is 12.1. The van der Waals surface area contributed by atoms with Gasteiger partial charge in [0.15, 0.2) is 0 Å². The first-order valence-electron chi connectivity index (χ1n) is 9.18. The molecule has 1 unspecified atom stereocenters. The largest absolute Gasteiger partial charge is 0.609 e. The molecule has 8 heteroatoms. The van der Waals surface area contributed by atoms with Crippen LogP contribution in [0.4, 0.5) is 15.8 Å². The van der Waals surface area contributed by atoms with Crippen molar-refractivity contribution in [3.63, 3.8) is 0 Å². The Morgan fingerprint density at radius 3 is 2.63 bits per heavy atom. The van der Waals surface area contributed by atoms with Gasteiger partial charge in [0.25, 0.3) is 5.91 Å². The van der Waals surface area contributed by atoms with Gasteiger partial charge in [0, 0.05) is 29.4 Å². The molecule has 0 fully saturated rings. The zero-order valence-corrected chi connectivity index (χ0v) is 16.9. The molecule has 152 valence electrons. The first kappa shape index (κ1) is 19.9. The highest BCUT2D eigenvalue weighted by Gasteiger charge is 2.22. The summed E-state index contributed by atoms with van der Waals surface area (Å²) in [6.45, 7) is 0. The maximum Gasteiger partial charge on any atom is 0.324 e. The van der Waals surface area contributed by atoms with Crippen LogP contribution < -0.4 is 11.1 Å². The van der Waals surface area contributed by atoms with Crippen LogP contribution in [0, 0.1) is 5.82 Å². The molecule has 1 amide bonds. The monoisotopic (exact) mass is 422 g/mol. The molecule has 0 spiro atoms. The Balaban J connectivity index is 1.52. The average Bonchev–Trinajstić information content (AvgIpc) is 3.08. The number of aryl methyl sites for hydroxylation is 1. The second-order valence-corrected chi connectivity index (χ2v) is 8.12. The van der Waals surface area contributed by atoms with Crippen LogP contribution in [0.5, 0.6) is 0 Å². The first-order valence-corrected chi connectivity index (χ1v) is 10.5. The molecule has 0 aliphatic carbocycles. The minimum absolute atomic E-state index is 0.0451. The van der Waals surface area contributed by atoms with E-state index in [2.05, 4.69) is 10.3 Å². The van der Waals surface area contributed by atoms with Gasteiger partial charge < -0.3 is 15.6 Å². The lowest BCUT2D eigenvalue weighted by Crippen LogP contribution is -2.15. The average molecular weight is 422 g/mol. The van der Waals surface area contributed by atoms with E-state index in [1.54, 1.807) is 35.9 Å². The standard InChI is InChI=1S/C22H19FN4O2S/c1-27-20-9-5-4-8-19(20)26-22(27)30(29)13-15-11-10-14(12-16(15)23)21(28)25-18-7-3-2-6-17(18)24/h2-12H,13,24H2,1H3,(H,25,28). The Hall–Kier alpha value is -3.36. The van der Waals surface area contributed by atoms with E-state index in [1.165, 1.54) is 12.1 Å². The number of carbonyl (C=O) groups excluding carboxylic acids is 1. The van der Waals surface area contributed by atoms with Crippen LogP contribution in [-0.2, 0) is 24.0 Å². The first-order chi connectivity index (χ1) is 14.4. The van der Waals surface area contributed by atoms with Crippen molar-refractivity contribution in [3.8, 4) is 0 Å². The number of benzene rings is 3. The summed E-state index contributed by atoms with van der Waals surface area (Å²) in [5.41, 5.74) is 8.67. The molecule has 0 radical (unpaired) electrons. The van der Waals surface area contributed by atoms with Gasteiger partial charge in [-0.05, 0) is 36.4 Å². The Labute approximate surface area is 175 Å². The van der Waals surface area contributed by atoms with Crippen LogP contribution in [-0.4, -0.2) is 20.0 Å². The Kier molecular flexibility index (Phi) is 5.43. The van der Waals surface area contributed by atoms with E-state index in [4.69, 9.17) is 5.73 Å². The summed E-state index contributed by atoms with van der Waals surface area (Å²) in [6.07, 6.45) is 0. The molecule has 1 atom stereocenters. The molecule has 4 rings (SSSR count). The van der Waals surface area contributed by atoms with Gasteiger partial charge in [-0.1, -0.05) is 30.3 Å². The topological polar surface area (TPSA) is 96.0 Å². The predicted octanol–water partition coefficient (Wildman–Crippen LogP) is 3.85. The van der Waals surface area contributed by atoms with Crippen LogP contribution >= 0.6 is 0 Å². The van der Waals surface area contributed by atoms with Crippen LogP contribution in [0.3, 0.4) is 0 Å². The zero-order chi connectivity index (χ0) is 21.3. The fourth-order valence-corrected chi connectivity index (χ4v) is 4.39. The highest BCUT2D eigenvalue weighted by molar-refractivity contribution is 7.90. The quantitative estimate of drug-likeness (QED) is 0.377. The van der Waals surface area contributed by atoms with Crippen molar-refractivity contribution >= 4 is 39.5 Å². The van der Waals surface area contributed by atoms with Gasteiger partial charge in [-0.15, -0.1) is 0 Å². The molecule has 4 aromatic rings. The molecular weight excluding hydrogens is 403 g/mol. The van der Waals surface area contributed by atoms with Crippen LogP contribution in [0.25, 0.3) is 11.0 Å². The number of nitrogens with one attached hydrogen (secondary N) is 1. The molecule has 0 aliphatic heterocycles. The number of nitrogens with two attached hydrogens (primary N) is 1. The van der Waals surface area contributed by atoms with Gasteiger partial charge in [-0.3, -0.25) is 9.36 Å². The van der Waals surface area contributed by atoms with Crippen LogP contribution in [0.1, 0.15) is 15.9 Å². The van der Waals surface area contributed by atoms with Crippen molar-refractivity contribution in [1.29, 1.82) is 0 Å². The number of fused-ring (bicyclic) bond motifs is 1. The predicted molar refractivity (Wildman–Crippen MR) is 116 cm³/mol. The zero-order valence-electron chi connectivity index (χ0n) is 16.1. The molecule has 0 saturated heterocycles. The highest BCUT2D eigenvalue weighted by Crippen LogP contribution is 2.23. The third-order valence-corrected chi connectivity index (χ3v) is 6.11. The van der Waals surface area contributed by atoms with Crippen LogP contribution in [0.15, 0.2) is 71.9 Å². The van der Waals surface area contributed by atoms with Gasteiger partial charge >= 0.3 is 5.16 Å². The van der Waals surface area contributed by atoms with Gasteiger partial charge in [-0.2, -0.15) is 4.98 Å². The minimum Gasteiger partial charge on any atom is -0.609 e. The third-order valence-electron chi connectivity index (χ3n) is 4.76. The number of imidazole rings is 1. The van der Waals surface area contributed by atoms with Gasteiger partial charge in [-0.25, -0.2) is 4.39 Å². The van der Waals surface area contributed by atoms with Crippen molar-refractivity contribution in [2.24, 2.45) is 7.05 Å². The molecule has 3 N–H and O–H groups in total. The van der Waals surface area contributed by atoms with E-state index >= 15 is 0 Å². The van der Waals surface area contributed by atoms with E-state index in [1.807, 2.05) is 24.3 Å². The summed E-state index contributed by atoms with van der Waals surface area (Å²) < 4.78 is 29.2.